The molecule has 152 valence electrons. The number of ether oxygens (including phenoxy) is 2. The highest BCUT2D eigenvalue weighted by Gasteiger charge is 2.46. The fourth-order valence-corrected chi connectivity index (χ4v) is 3.65. The highest BCUT2D eigenvalue weighted by atomic mass is 19.4. The average molecular weight is 387 g/mol. The van der Waals surface area contributed by atoms with Crippen LogP contribution in [0.4, 0.5) is 24.7 Å². The number of alkyl halides is 3. The predicted octanol–water partition coefficient (Wildman–Crippen LogP) is 4.02. The van der Waals surface area contributed by atoms with E-state index in [-0.39, 0.29) is 12.5 Å². The number of morpholine rings is 1. The maximum Gasteiger partial charge on any atom is 0.408 e. The molecule has 0 bridgehead atoms. The third-order valence-electron chi connectivity index (χ3n) is 4.81. The van der Waals surface area contributed by atoms with E-state index in [9.17, 15) is 13.2 Å². The minimum absolute atomic E-state index is 0.0961. The molecule has 0 amide bonds. The van der Waals surface area contributed by atoms with Crippen LogP contribution < -0.4 is 14.5 Å². The largest absolute Gasteiger partial charge is 0.472 e. The lowest BCUT2D eigenvalue weighted by atomic mass is 10.2. The molecule has 0 aromatic carbocycles. The molecule has 2 aliphatic heterocycles. The summed E-state index contributed by atoms with van der Waals surface area (Å²) in [7, 11) is 0. The zero-order valence-corrected chi connectivity index (χ0v) is 16.3. The first-order chi connectivity index (χ1) is 12.5. The standard InChI is InChI=1S/C19H28F3N3O2/c1-13-12-26-9-8-24(13)14-10-16(23-17(11-14)27-18(2,3)4)25-7-5-6-15(25)19(20,21)22/h10-11,13,15H,5-9,12H2,1-4H3/t13-,15?/m1/s1. The zero-order chi connectivity index (χ0) is 19.8. The number of hydrogen-bond acceptors (Lipinski definition) is 5. The number of aromatic nitrogens is 1. The van der Waals surface area contributed by atoms with Gasteiger partial charge in [-0.05, 0) is 40.5 Å². The van der Waals surface area contributed by atoms with Gasteiger partial charge in [0.2, 0.25) is 5.88 Å². The van der Waals surface area contributed by atoms with Crippen LogP contribution in [0, 0.1) is 0 Å². The van der Waals surface area contributed by atoms with Gasteiger partial charge >= 0.3 is 6.18 Å². The summed E-state index contributed by atoms with van der Waals surface area (Å²) < 4.78 is 51.8. The van der Waals surface area contributed by atoms with Gasteiger partial charge in [-0.15, -0.1) is 0 Å². The molecular formula is C19H28F3N3O2. The molecule has 3 heterocycles. The molecule has 0 N–H and O–H groups in total. The third kappa shape index (κ3) is 4.78. The van der Waals surface area contributed by atoms with Crippen molar-refractivity contribution >= 4 is 11.5 Å². The van der Waals surface area contributed by atoms with Crippen molar-refractivity contribution in [1.29, 1.82) is 0 Å². The molecule has 5 nitrogen and oxygen atoms in total. The van der Waals surface area contributed by atoms with E-state index in [2.05, 4.69) is 9.88 Å². The highest BCUT2D eigenvalue weighted by Crippen LogP contribution is 2.38. The van der Waals surface area contributed by atoms with Gasteiger partial charge in [0, 0.05) is 37.0 Å². The molecule has 1 aromatic heterocycles. The molecule has 0 radical (unpaired) electrons. The van der Waals surface area contributed by atoms with Gasteiger partial charge in [-0.3, -0.25) is 0 Å². The van der Waals surface area contributed by atoms with Gasteiger partial charge in [-0.1, -0.05) is 0 Å². The first-order valence-electron chi connectivity index (χ1n) is 9.43. The van der Waals surface area contributed by atoms with E-state index >= 15 is 0 Å². The molecule has 2 atom stereocenters. The van der Waals surface area contributed by atoms with Crippen LogP contribution in [-0.2, 0) is 4.74 Å². The van der Waals surface area contributed by atoms with Crippen LogP contribution in [0.15, 0.2) is 12.1 Å². The monoisotopic (exact) mass is 387 g/mol. The van der Waals surface area contributed by atoms with Crippen LogP contribution in [-0.4, -0.2) is 55.1 Å². The van der Waals surface area contributed by atoms with Gasteiger partial charge in [0.15, 0.2) is 0 Å². The fourth-order valence-electron chi connectivity index (χ4n) is 3.65. The number of rotatable bonds is 3. The number of hydrogen-bond donors (Lipinski definition) is 0. The molecule has 3 rings (SSSR count). The maximum atomic E-state index is 13.5. The molecule has 2 aliphatic rings. The molecule has 8 heteroatoms. The molecule has 2 fully saturated rings. The van der Waals surface area contributed by atoms with Crippen molar-refractivity contribution in [2.75, 3.05) is 36.1 Å². The lowest BCUT2D eigenvalue weighted by Crippen LogP contribution is -2.44. The molecular weight excluding hydrogens is 359 g/mol. The highest BCUT2D eigenvalue weighted by molar-refractivity contribution is 5.59. The molecule has 2 saturated heterocycles. The first-order valence-corrected chi connectivity index (χ1v) is 9.43. The van der Waals surface area contributed by atoms with Crippen molar-refractivity contribution < 1.29 is 22.6 Å². The summed E-state index contributed by atoms with van der Waals surface area (Å²) in [5, 5.41) is 0. The summed E-state index contributed by atoms with van der Waals surface area (Å²) in [5.74, 6) is 0.673. The third-order valence-corrected chi connectivity index (χ3v) is 4.81. The molecule has 0 spiro atoms. The number of pyridine rings is 1. The second-order valence-corrected chi connectivity index (χ2v) is 8.25. The van der Waals surface area contributed by atoms with Crippen LogP contribution in [0.1, 0.15) is 40.5 Å². The quantitative estimate of drug-likeness (QED) is 0.783. The van der Waals surface area contributed by atoms with E-state index in [0.717, 1.165) is 5.69 Å². The average Bonchev–Trinajstić information content (AvgIpc) is 3.03. The van der Waals surface area contributed by atoms with E-state index in [1.54, 1.807) is 6.07 Å². The Morgan fingerprint density at radius 3 is 2.52 bits per heavy atom. The zero-order valence-electron chi connectivity index (χ0n) is 16.3. The predicted molar refractivity (Wildman–Crippen MR) is 98.7 cm³/mol. The number of anilines is 2. The van der Waals surface area contributed by atoms with Crippen molar-refractivity contribution in [2.45, 2.75) is 64.4 Å². The topological polar surface area (TPSA) is 37.8 Å². The summed E-state index contributed by atoms with van der Waals surface area (Å²) in [6.45, 7) is 9.93. The Labute approximate surface area is 158 Å². The molecule has 1 unspecified atom stereocenters. The summed E-state index contributed by atoms with van der Waals surface area (Å²) >= 11 is 0. The summed E-state index contributed by atoms with van der Waals surface area (Å²) in [6, 6.07) is 2.20. The minimum atomic E-state index is -4.27. The Morgan fingerprint density at radius 2 is 1.89 bits per heavy atom. The second kappa shape index (κ2) is 7.37. The SMILES string of the molecule is C[C@@H]1COCCN1c1cc(OC(C)(C)C)nc(N2CCCC2C(F)(F)F)c1. The van der Waals surface area contributed by atoms with Gasteiger partial charge in [-0.25, -0.2) is 0 Å². The van der Waals surface area contributed by atoms with Crippen molar-refractivity contribution in [3.05, 3.63) is 12.1 Å². The Bertz CT molecular complexity index is 661. The van der Waals surface area contributed by atoms with Gasteiger partial charge in [0.25, 0.3) is 0 Å². The number of halogens is 3. The smallest absolute Gasteiger partial charge is 0.408 e. The van der Waals surface area contributed by atoms with Gasteiger partial charge in [0.1, 0.15) is 17.5 Å². The minimum Gasteiger partial charge on any atom is -0.472 e. The van der Waals surface area contributed by atoms with Gasteiger partial charge in [-0.2, -0.15) is 18.2 Å². The summed E-state index contributed by atoms with van der Waals surface area (Å²) in [6.07, 6.45) is -3.68. The maximum absolute atomic E-state index is 13.5. The molecule has 0 aliphatic carbocycles. The van der Waals surface area contributed by atoms with E-state index in [1.165, 1.54) is 4.90 Å². The lowest BCUT2D eigenvalue weighted by Gasteiger charge is -2.36. The van der Waals surface area contributed by atoms with Gasteiger partial charge < -0.3 is 19.3 Å². The Kier molecular flexibility index (Phi) is 5.47. The van der Waals surface area contributed by atoms with Crippen LogP contribution in [0.5, 0.6) is 5.88 Å². The molecule has 1 aromatic rings. The second-order valence-electron chi connectivity index (χ2n) is 8.25. The van der Waals surface area contributed by atoms with Crippen molar-refractivity contribution in [1.82, 2.24) is 4.98 Å². The van der Waals surface area contributed by atoms with Crippen LogP contribution in [0.25, 0.3) is 0 Å². The molecule has 0 saturated carbocycles. The summed E-state index contributed by atoms with van der Waals surface area (Å²) in [5.41, 5.74) is 0.330. The fraction of sp³-hybridized carbons (Fsp3) is 0.737. The van der Waals surface area contributed by atoms with Crippen molar-refractivity contribution in [3.63, 3.8) is 0 Å². The Hall–Kier alpha value is -1.70. The van der Waals surface area contributed by atoms with E-state index < -0.39 is 17.8 Å². The van der Waals surface area contributed by atoms with E-state index in [1.807, 2.05) is 33.8 Å². The van der Waals surface area contributed by atoms with Crippen LogP contribution in [0.3, 0.4) is 0 Å². The Morgan fingerprint density at radius 1 is 1.15 bits per heavy atom. The van der Waals surface area contributed by atoms with Gasteiger partial charge in [0.05, 0.1) is 13.2 Å². The molecule has 27 heavy (non-hydrogen) atoms. The lowest BCUT2D eigenvalue weighted by molar-refractivity contribution is -0.146. The van der Waals surface area contributed by atoms with E-state index in [0.29, 0.717) is 44.4 Å². The Balaban J connectivity index is 1.99. The van der Waals surface area contributed by atoms with Crippen molar-refractivity contribution in [2.24, 2.45) is 0 Å². The van der Waals surface area contributed by atoms with Crippen LogP contribution >= 0.6 is 0 Å². The number of nitrogens with zero attached hydrogens (tertiary/aromatic N) is 3. The van der Waals surface area contributed by atoms with Crippen molar-refractivity contribution in [3.8, 4) is 5.88 Å². The summed E-state index contributed by atoms with van der Waals surface area (Å²) in [4.78, 5) is 7.94. The normalized spacial score (nSPS) is 24.4. The van der Waals surface area contributed by atoms with Crippen LogP contribution in [0.2, 0.25) is 0 Å². The first kappa shape index (κ1) is 20.0. The van der Waals surface area contributed by atoms with E-state index in [4.69, 9.17) is 9.47 Å².